The highest BCUT2D eigenvalue weighted by Crippen LogP contribution is 2.21. The molecule has 1 aromatic heterocycles. The van der Waals surface area contributed by atoms with Gasteiger partial charge in [0, 0.05) is 6.07 Å². The Bertz CT molecular complexity index is 487. The number of aryl methyl sites for hydroxylation is 1. The first-order valence-electron chi connectivity index (χ1n) is 6.34. The van der Waals surface area contributed by atoms with E-state index in [4.69, 9.17) is 9.26 Å². The number of hydrogen-bond acceptors (Lipinski definition) is 3. The maximum atomic E-state index is 5.65. The lowest BCUT2D eigenvalue weighted by Crippen LogP contribution is -1.96. The van der Waals surface area contributed by atoms with Crippen LogP contribution in [0, 0.1) is 6.92 Å². The first kappa shape index (κ1) is 12.7. The highest BCUT2D eigenvalue weighted by atomic mass is 16.5. The normalized spacial score (nSPS) is 12.4. The van der Waals surface area contributed by atoms with Gasteiger partial charge in [0.15, 0.2) is 0 Å². The van der Waals surface area contributed by atoms with Gasteiger partial charge < -0.3 is 9.26 Å². The van der Waals surface area contributed by atoms with Crippen LogP contribution >= 0.6 is 0 Å². The van der Waals surface area contributed by atoms with Crippen LogP contribution in [0.3, 0.4) is 0 Å². The van der Waals surface area contributed by atoms with Crippen molar-refractivity contribution in [3.63, 3.8) is 0 Å². The van der Waals surface area contributed by atoms with Crippen molar-refractivity contribution in [2.45, 2.75) is 39.7 Å². The summed E-state index contributed by atoms with van der Waals surface area (Å²) < 4.78 is 10.6. The predicted octanol–water partition coefficient (Wildman–Crippen LogP) is 4.08. The maximum absolute atomic E-state index is 5.65. The zero-order chi connectivity index (χ0) is 13.0. The molecule has 3 heteroatoms. The molecule has 1 aromatic carbocycles. The average molecular weight is 245 g/mol. The Morgan fingerprint density at radius 2 is 2.00 bits per heavy atom. The molecule has 1 unspecified atom stereocenters. The van der Waals surface area contributed by atoms with Crippen molar-refractivity contribution in [1.82, 2.24) is 5.16 Å². The Labute approximate surface area is 108 Å². The summed E-state index contributed by atoms with van der Waals surface area (Å²) in [5.74, 6) is 2.26. The van der Waals surface area contributed by atoms with Gasteiger partial charge in [-0.15, -0.1) is 0 Å². The third-order valence-electron chi connectivity index (χ3n) is 3.12. The van der Waals surface area contributed by atoms with Crippen LogP contribution < -0.4 is 4.74 Å². The van der Waals surface area contributed by atoms with Gasteiger partial charge in [-0.3, -0.25) is 0 Å². The second-order valence-corrected chi connectivity index (χ2v) is 4.60. The number of benzene rings is 1. The molecule has 0 aliphatic carbocycles. The minimum Gasteiger partial charge on any atom is -0.487 e. The highest BCUT2D eigenvalue weighted by molar-refractivity contribution is 5.29. The lowest BCUT2D eigenvalue weighted by molar-refractivity contribution is 0.288. The molecular formula is C15H19NO2. The Morgan fingerprint density at radius 3 is 2.56 bits per heavy atom. The van der Waals surface area contributed by atoms with Crippen molar-refractivity contribution < 1.29 is 9.26 Å². The van der Waals surface area contributed by atoms with Gasteiger partial charge in [0.25, 0.3) is 0 Å². The van der Waals surface area contributed by atoms with E-state index >= 15 is 0 Å². The fourth-order valence-electron chi connectivity index (χ4n) is 1.77. The molecule has 1 atom stereocenters. The van der Waals surface area contributed by atoms with Gasteiger partial charge in [-0.1, -0.05) is 31.1 Å². The van der Waals surface area contributed by atoms with Crippen LogP contribution in [-0.4, -0.2) is 5.16 Å². The van der Waals surface area contributed by atoms with Crippen LogP contribution in [0.2, 0.25) is 0 Å². The zero-order valence-corrected chi connectivity index (χ0v) is 11.1. The third kappa shape index (κ3) is 3.13. The van der Waals surface area contributed by atoms with Crippen molar-refractivity contribution in [3.8, 4) is 5.75 Å². The summed E-state index contributed by atoms with van der Waals surface area (Å²) in [4.78, 5) is 0. The van der Waals surface area contributed by atoms with E-state index in [0.717, 1.165) is 23.6 Å². The van der Waals surface area contributed by atoms with Gasteiger partial charge in [0.1, 0.15) is 23.8 Å². The van der Waals surface area contributed by atoms with Crippen molar-refractivity contribution in [3.05, 3.63) is 47.3 Å². The Morgan fingerprint density at radius 1 is 1.28 bits per heavy atom. The van der Waals surface area contributed by atoms with Crippen LogP contribution in [0.25, 0.3) is 0 Å². The topological polar surface area (TPSA) is 35.3 Å². The van der Waals surface area contributed by atoms with E-state index in [-0.39, 0.29) is 0 Å². The first-order chi connectivity index (χ1) is 8.69. The summed E-state index contributed by atoms with van der Waals surface area (Å²) in [5, 5.41) is 3.89. The highest BCUT2D eigenvalue weighted by Gasteiger charge is 2.04. The van der Waals surface area contributed by atoms with Crippen LogP contribution in [-0.2, 0) is 6.61 Å². The van der Waals surface area contributed by atoms with Crippen LogP contribution in [0.5, 0.6) is 5.75 Å². The van der Waals surface area contributed by atoms with E-state index in [9.17, 15) is 0 Å². The predicted molar refractivity (Wildman–Crippen MR) is 70.7 cm³/mol. The van der Waals surface area contributed by atoms with E-state index in [0.29, 0.717) is 12.5 Å². The molecule has 2 rings (SSSR count). The minimum absolute atomic E-state index is 0.444. The standard InChI is InChI=1S/C15H19NO2/c1-4-11(2)13-5-7-15(8-6-13)17-10-14-9-12(3)18-16-14/h5-9,11H,4,10H2,1-3H3. The minimum atomic E-state index is 0.444. The Hall–Kier alpha value is -1.77. The van der Waals surface area contributed by atoms with Gasteiger partial charge in [-0.25, -0.2) is 0 Å². The van der Waals surface area contributed by atoms with E-state index in [1.165, 1.54) is 5.56 Å². The molecule has 2 aromatic rings. The zero-order valence-electron chi connectivity index (χ0n) is 11.1. The second-order valence-electron chi connectivity index (χ2n) is 4.60. The molecule has 0 aliphatic rings. The molecule has 0 radical (unpaired) electrons. The summed E-state index contributed by atoms with van der Waals surface area (Å²) >= 11 is 0. The smallest absolute Gasteiger partial charge is 0.134 e. The molecule has 0 saturated carbocycles. The molecule has 18 heavy (non-hydrogen) atoms. The van der Waals surface area contributed by atoms with Gasteiger partial charge in [0.05, 0.1) is 0 Å². The third-order valence-corrected chi connectivity index (χ3v) is 3.12. The molecule has 1 heterocycles. The fourth-order valence-corrected chi connectivity index (χ4v) is 1.77. The van der Waals surface area contributed by atoms with Crippen molar-refractivity contribution >= 4 is 0 Å². The molecule has 96 valence electrons. The van der Waals surface area contributed by atoms with E-state index in [1.54, 1.807) is 0 Å². The molecule has 0 amide bonds. The molecule has 3 nitrogen and oxygen atoms in total. The summed E-state index contributed by atoms with van der Waals surface area (Å²) in [5.41, 5.74) is 2.17. The fraction of sp³-hybridized carbons (Fsp3) is 0.400. The van der Waals surface area contributed by atoms with Crippen LogP contribution in [0.4, 0.5) is 0 Å². The van der Waals surface area contributed by atoms with Crippen LogP contribution in [0.1, 0.15) is 43.2 Å². The summed E-state index contributed by atoms with van der Waals surface area (Å²) in [7, 11) is 0. The number of aromatic nitrogens is 1. The molecule has 0 N–H and O–H groups in total. The van der Waals surface area contributed by atoms with Crippen molar-refractivity contribution in [2.75, 3.05) is 0 Å². The summed E-state index contributed by atoms with van der Waals surface area (Å²) in [6.45, 7) is 6.74. The van der Waals surface area contributed by atoms with Gasteiger partial charge in [0.2, 0.25) is 0 Å². The largest absolute Gasteiger partial charge is 0.487 e. The molecule has 0 bridgehead atoms. The second kappa shape index (κ2) is 5.71. The number of hydrogen-bond donors (Lipinski definition) is 0. The maximum Gasteiger partial charge on any atom is 0.134 e. The Balaban J connectivity index is 1.94. The summed E-state index contributed by atoms with van der Waals surface area (Å²) in [6, 6.07) is 10.1. The van der Waals surface area contributed by atoms with E-state index in [1.807, 2.05) is 25.1 Å². The lowest BCUT2D eigenvalue weighted by Gasteiger charge is -2.10. The van der Waals surface area contributed by atoms with Crippen molar-refractivity contribution in [2.24, 2.45) is 0 Å². The molecule has 0 aliphatic heterocycles. The average Bonchev–Trinajstić information content (AvgIpc) is 2.82. The van der Waals surface area contributed by atoms with Crippen molar-refractivity contribution in [1.29, 1.82) is 0 Å². The lowest BCUT2D eigenvalue weighted by atomic mass is 9.99. The van der Waals surface area contributed by atoms with Gasteiger partial charge >= 0.3 is 0 Å². The SMILES string of the molecule is CCC(C)c1ccc(OCc2cc(C)on2)cc1. The Kier molecular flexibility index (Phi) is 4.03. The first-order valence-corrected chi connectivity index (χ1v) is 6.34. The van der Waals surface area contributed by atoms with E-state index in [2.05, 4.69) is 31.1 Å². The van der Waals surface area contributed by atoms with Gasteiger partial charge in [-0.2, -0.15) is 0 Å². The molecular weight excluding hydrogens is 226 g/mol. The van der Waals surface area contributed by atoms with E-state index < -0.39 is 0 Å². The monoisotopic (exact) mass is 245 g/mol. The van der Waals surface area contributed by atoms with Crippen LogP contribution in [0.15, 0.2) is 34.9 Å². The number of rotatable bonds is 5. The number of nitrogens with zero attached hydrogens (tertiary/aromatic N) is 1. The molecule has 0 spiro atoms. The van der Waals surface area contributed by atoms with Gasteiger partial charge in [-0.05, 0) is 37.0 Å². The summed E-state index contributed by atoms with van der Waals surface area (Å²) in [6.07, 6.45) is 1.15. The molecule has 0 saturated heterocycles. The quantitative estimate of drug-likeness (QED) is 0.796. The number of ether oxygens (including phenoxy) is 1. The molecule has 0 fully saturated rings.